The number of carbonyl (C=O) groups excluding carboxylic acids is 3. The largest absolute Gasteiger partial charge is 0.496 e. The summed E-state index contributed by atoms with van der Waals surface area (Å²) in [6.45, 7) is 0. The van der Waals surface area contributed by atoms with E-state index in [2.05, 4.69) is 27.0 Å². The molecule has 5 rings (SSSR count). The first-order chi connectivity index (χ1) is 18.0. The number of nitriles is 1. The molecule has 3 atom stereocenters. The van der Waals surface area contributed by atoms with Gasteiger partial charge < -0.3 is 25.7 Å². The van der Waals surface area contributed by atoms with Crippen molar-refractivity contribution in [2.75, 3.05) is 12.4 Å². The van der Waals surface area contributed by atoms with Gasteiger partial charge >= 0.3 is 0 Å². The van der Waals surface area contributed by atoms with Gasteiger partial charge in [0.1, 0.15) is 23.5 Å². The molecule has 190 valence electrons. The Morgan fingerprint density at radius 1 is 1.16 bits per heavy atom. The van der Waals surface area contributed by atoms with Gasteiger partial charge in [0.25, 0.3) is 5.91 Å². The van der Waals surface area contributed by atoms with Gasteiger partial charge in [-0.25, -0.2) is 0 Å². The smallest absolute Gasteiger partial charge is 0.268 e. The van der Waals surface area contributed by atoms with E-state index < -0.39 is 23.9 Å². The fourth-order valence-corrected chi connectivity index (χ4v) is 4.92. The second-order valence-corrected chi connectivity index (χ2v) is 9.71. The van der Waals surface area contributed by atoms with Crippen LogP contribution in [0.15, 0.2) is 48.5 Å². The summed E-state index contributed by atoms with van der Waals surface area (Å²) in [5.74, 6) is -0.222. The van der Waals surface area contributed by atoms with E-state index in [1.165, 1.54) is 0 Å². The lowest BCUT2D eigenvalue weighted by Gasteiger charge is -2.21. The Bertz CT molecular complexity index is 1390. The molecule has 2 aliphatic rings. The molecular formula is C28H29N5O4. The lowest BCUT2D eigenvalue weighted by atomic mass is 9.94. The van der Waals surface area contributed by atoms with Crippen molar-refractivity contribution in [3.05, 3.63) is 59.8 Å². The summed E-state index contributed by atoms with van der Waals surface area (Å²) in [6.07, 6.45) is 3.29. The van der Waals surface area contributed by atoms with Crippen molar-refractivity contribution in [1.82, 2.24) is 15.6 Å². The van der Waals surface area contributed by atoms with E-state index in [1.54, 1.807) is 13.2 Å². The number of nitrogens with one attached hydrogen (secondary N) is 4. The van der Waals surface area contributed by atoms with Crippen molar-refractivity contribution in [1.29, 1.82) is 5.26 Å². The molecule has 1 aliphatic carbocycles. The number of amides is 3. The predicted octanol–water partition coefficient (Wildman–Crippen LogP) is 3.60. The van der Waals surface area contributed by atoms with Crippen LogP contribution in [0.5, 0.6) is 5.75 Å². The highest BCUT2D eigenvalue weighted by atomic mass is 16.5. The molecule has 1 fully saturated rings. The Labute approximate surface area is 214 Å². The number of anilines is 1. The molecule has 0 bridgehead atoms. The zero-order valence-corrected chi connectivity index (χ0v) is 20.5. The van der Waals surface area contributed by atoms with Crippen molar-refractivity contribution in [3.63, 3.8) is 0 Å². The zero-order chi connectivity index (χ0) is 25.9. The van der Waals surface area contributed by atoms with E-state index in [9.17, 15) is 19.6 Å². The van der Waals surface area contributed by atoms with Crippen LogP contribution in [0.2, 0.25) is 0 Å². The molecule has 1 saturated carbocycles. The number of aromatic amines is 1. The normalized spacial score (nSPS) is 17.8. The molecule has 0 saturated heterocycles. The molecule has 0 radical (unpaired) electrons. The minimum atomic E-state index is -0.774. The average molecular weight is 500 g/mol. The van der Waals surface area contributed by atoms with Gasteiger partial charge in [-0.15, -0.1) is 0 Å². The third-order valence-electron chi connectivity index (χ3n) is 7.10. The Morgan fingerprint density at radius 2 is 1.97 bits per heavy atom. The van der Waals surface area contributed by atoms with Gasteiger partial charge in [0.15, 0.2) is 0 Å². The monoisotopic (exact) mass is 499 g/mol. The van der Waals surface area contributed by atoms with E-state index in [4.69, 9.17) is 4.74 Å². The van der Waals surface area contributed by atoms with Gasteiger partial charge in [0, 0.05) is 16.6 Å². The second-order valence-electron chi connectivity index (χ2n) is 9.71. The van der Waals surface area contributed by atoms with Gasteiger partial charge in [-0.2, -0.15) is 5.26 Å². The van der Waals surface area contributed by atoms with Crippen molar-refractivity contribution in [2.45, 2.75) is 50.1 Å². The van der Waals surface area contributed by atoms with Gasteiger partial charge in [-0.3, -0.25) is 14.4 Å². The zero-order valence-electron chi connectivity index (χ0n) is 20.5. The summed E-state index contributed by atoms with van der Waals surface area (Å²) in [5.41, 5.74) is 2.78. The Hall–Kier alpha value is -4.32. The van der Waals surface area contributed by atoms with Gasteiger partial charge in [-0.05, 0) is 55.0 Å². The molecular weight excluding hydrogens is 470 g/mol. The maximum absolute atomic E-state index is 13.2. The van der Waals surface area contributed by atoms with Crippen LogP contribution >= 0.6 is 0 Å². The van der Waals surface area contributed by atoms with Crippen LogP contribution in [0.25, 0.3) is 10.9 Å². The molecule has 37 heavy (non-hydrogen) atoms. The maximum atomic E-state index is 13.2. The van der Waals surface area contributed by atoms with Crippen LogP contribution in [0.4, 0.5) is 5.69 Å². The van der Waals surface area contributed by atoms with Crippen molar-refractivity contribution >= 4 is 34.3 Å². The number of fused-ring (bicyclic) bond motifs is 2. The van der Waals surface area contributed by atoms with E-state index in [1.807, 2.05) is 42.5 Å². The van der Waals surface area contributed by atoms with Gasteiger partial charge in [0.2, 0.25) is 11.8 Å². The summed E-state index contributed by atoms with van der Waals surface area (Å²) < 4.78 is 5.37. The number of methoxy groups -OCH3 is 1. The number of hydrogen-bond donors (Lipinski definition) is 4. The highest BCUT2D eigenvalue weighted by molar-refractivity contribution is 6.03. The number of hydrogen-bond acceptors (Lipinski definition) is 5. The molecule has 3 aromatic rings. The standard InChI is InChI=1S/C28H29N5O4/c1-37-25-8-4-7-22-20(25)14-24(31-22)28(36)33-23(13-16-9-10-16)27(35)30-17(15-29)11-12-19-18-5-2-3-6-21(18)32-26(19)34/h2-8,14,16-17,19,23,31H,9-13H2,1H3,(H,30,35)(H,32,34)(H,33,36)/t17-,19?,23?/m0/s1. The van der Waals surface area contributed by atoms with Crippen LogP contribution in [0, 0.1) is 17.2 Å². The van der Waals surface area contributed by atoms with Crippen LogP contribution in [0.1, 0.15) is 54.1 Å². The van der Waals surface area contributed by atoms with Crippen LogP contribution in [-0.2, 0) is 9.59 Å². The highest BCUT2D eigenvalue weighted by Crippen LogP contribution is 2.36. The van der Waals surface area contributed by atoms with E-state index in [-0.39, 0.29) is 11.8 Å². The number of rotatable bonds is 10. The number of nitrogens with zero attached hydrogens (tertiary/aromatic N) is 1. The van der Waals surface area contributed by atoms with E-state index in [0.717, 1.165) is 35.0 Å². The van der Waals surface area contributed by atoms with Crippen molar-refractivity contribution < 1.29 is 19.1 Å². The maximum Gasteiger partial charge on any atom is 0.268 e. The summed E-state index contributed by atoms with van der Waals surface area (Å²) in [4.78, 5) is 41.8. The Balaban J connectivity index is 1.24. The first kappa shape index (κ1) is 24.4. The number of ether oxygens (including phenoxy) is 1. The molecule has 3 amide bonds. The van der Waals surface area contributed by atoms with E-state index >= 15 is 0 Å². The molecule has 2 heterocycles. The molecule has 0 spiro atoms. The third-order valence-corrected chi connectivity index (χ3v) is 7.10. The van der Waals surface area contributed by atoms with Crippen LogP contribution in [0.3, 0.4) is 0 Å². The average Bonchev–Trinajstić information content (AvgIpc) is 3.51. The van der Waals surface area contributed by atoms with Gasteiger partial charge in [-0.1, -0.05) is 37.1 Å². The molecule has 9 heteroatoms. The fraction of sp³-hybridized carbons (Fsp3) is 0.357. The lowest BCUT2D eigenvalue weighted by molar-refractivity contribution is -0.123. The summed E-state index contributed by atoms with van der Waals surface area (Å²) in [5, 5.41) is 19.0. The Morgan fingerprint density at radius 3 is 2.73 bits per heavy atom. The highest BCUT2D eigenvalue weighted by Gasteiger charge is 2.33. The quantitative estimate of drug-likeness (QED) is 0.338. The SMILES string of the molecule is COc1cccc2[nH]c(C(=O)NC(CC3CC3)C(=O)N[C@H](C#N)CCC3C(=O)Nc4ccccc43)cc12. The Kier molecular flexibility index (Phi) is 6.82. The van der Waals surface area contributed by atoms with Gasteiger partial charge in [0.05, 0.1) is 19.1 Å². The number of benzene rings is 2. The molecule has 4 N–H and O–H groups in total. The first-order valence-corrected chi connectivity index (χ1v) is 12.5. The number of para-hydroxylation sites is 1. The topological polar surface area (TPSA) is 136 Å². The minimum Gasteiger partial charge on any atom is -0.496 e. The lowest BCUT2D eigenvalue weighted by Crippen LogP contribution is -2.49. The molecule has 2 aromatic carbocycles. The number of aromatic nitrogens is 1. The first-order valence-electron chi connectivity index (χ1n) is 12.5. The summed E-state index contributed by atoms with van der Waals surface area (Å²) in [7, 11) is 1.57. The second kappa shape index (κ2) is 10.3. The third kappa shape index (κ3) is 5.28. The van der Waals surface area contributed by atoms with Crippen molar-refractivity contribution in [2.24, 2.45) is 5.92 Å². The predicted molar refractivity (Wildman–Crippen MR) is 138 cm³/mol. The molecule has 9 nitrogen and oxygen atoms in total. The molecule has 1 aromatic heterocycles. The summed E-state index contributed by atoms with van der Waals surface area (Å²) in [6, 6.07) is 15.3. The summed E-state index contributed by atoms with van der Waals surface area (Å²) >= 11 is 0. The molecule has 2 unspecified atom stereocenters. The fourth-order valence-electron chi connectivity index (χ4n) is 4.92. The van der Waals surface area contributed by atoms with Crippen LogP contribution < -0.4 is 20.7 Å². The van der Waals surface area contributed by atoms with Crippen LogP contribution in [-0.4, -0.2) is 41.9 Å². The minimum absolute atomic E-state index is 0.0990. The van der Waals surface area contributed by atoms with E-state index in [0.29, 0.717) is 36.6 Å². The number of carbonyl (C=O) groups is 3. The number of H-pyrrole nitrogens is 1. The van der Waals surface area contributed by atoms with Crippen molar-refractivity contribution in [3.8, 4) is 11.8 Å². The molecule has 1 aliphatic heterocycles.